The molecular formula is C14H22N3O3+. The van der Waals surface area contributed by atoms with Gasteiger partial charge < -0.3 is 26.3 Å². The second-order valence-corrected chi connectivity index (χ2v) is 4.87. The fraction of sp³-hybridized carbons (Fsp3) is 0.429. The van der Waals surface area contributed by atoms with Crippen LogP contribution in [0.15, 0.2) is 18.2 Å². The lowest BCUT2D eigenvalue weighted by Crippen LogP contribution is -2.95. The summed E-state index contributed by atoms with van der Waals surface area (Å²) in [6, 6.07) is 4.86. The van der Waals surface area contributed by atoms with Crippen LogP contribution in [0.5, 0.6) is 0 Å². The highest BCUT2D eigenvalue weighted by molar-refractivity contribution is 5.94. The van der Waals surface area contributed by atoms with E-state index in [0.717, 1.165) is 11.1 Å². The summed E-state index contributed by atoms with van der Waals surface area (Å²) in [5.74, 6) is -1.55. The highest BCUT2D eigenvalue weighted by Gasteiger charge is 2.18. The lowest BCUT2D eigenvalue weighted by Gasteiger charge is -2.16. The zero-order chi connectivity index (χ0) is 15.1. The number of benzene rings is 1. The average Bonchev–Trinajstić information content (AvgIpc) is 2.38. The topological polar surface area (TPSA) is 113 Å². The summed E-state index contributed by atoms with van der Waals surface area (Å²) in [5, 5.41) is 15.3. The van der Waals surface area contributed by atoms with Crippen molar-refractivity contribution in [2.45, 2.75) is 26.3 Å². The third-order valence-electron chi connectivity index (χ3n) is 3.03. The van der Waals surface area contributed by atoms with Crippen LogP contribution in [0.2, 0.25) is 0 Å². The largest absolute Gasteiger partial charge is 0.544 e. The molecule has 6 nitrogen and oxygen atoms in total. The first-order valence-corrected chi connectivity index (χ1v) is 6.64. The number of anilines is 1. The molecule has 6 heteroatoms. The summed E-state index contributed by atoms with van der Waals surface area (Å²) in [4.78, 5) is 22.9. The standard InChI is InChI=1S/C14H21N3O3/c1-9-3-4-10(2)11(7-9)17-13(18)8-12(14(19)20)16-6-5-15/h3-4,7,12,16H,5-6,8,15H2,1-2H3,(H,17,18)(H,19,20)/p+1/t12-/m0/s1. The molecule has 1 amide bonds. The first-order valence-electron chi connectivity index (χ1n) is 6.64. The number of amides is 1. The molecule has 0 aliphatic carbocycles. The van der Waals surface area contributed by atoms with E-state index < -0.39 is 12.0 Å². The molecule has 0 fully saturated rings. The Morgan fingerprint density at radius 1 is 1.40 bits per heavy atom. The smallest absolute Gasteiger partial charge is 0.230 e. The zero-order valence-corrected chi connectivity index (χ0v) is 11.9. The van der Waals surface area contributed by atoms with E-state index >= 15 is 0 Å². The molecule has 0 heterocycles. The van der Waals surface area contributed by atoms with Crippen LogP contribution in [-0.4, -0.2) is 31.0 Å². The van der Waals surface area contributed by atoms with Gasteiger partial charge in [0.1, 0.15) is 19.1 Å². The highest BCUT2D eigenvalue weighted by Crippen LogP contribution is 2.16. The van der Waals surface area contributed by atoms with Crippen LogP contribution in [-0.2, 0) is 9.59 Å². The Hall–Kier alpha value is -1.92. The van der Waals surface area contributed by atoms with E-state index in [1.807, 2.05) is 32.0 Å². The van der Waals surface area contributed by atoms with Gasteiger partial charge in [0.2, 0.25) is 5.91 Å². The van der Waals surface area contributed by atoms with Gasteiger partial charge in [-0.2, -0.15) is 0 Å². The number of hydrogen-bond acceptors (Lipinski definition) is 3. The van der Waals surface area contributed by atoms with Crippen LogP contribution < -0.4 is 21.5 Å². The maximum atomic E-state index is 11.9. The first-order chi connectivity index (χ1) is 9.43. The van der Waals surface area contributed by atoms with Gasteiger partial charge >= 0.3 is 0 Å². The summed E-state index contributed by atoms with van der Waals surface area (Å²) in [6.45, 7) is 4.97. The molecule has 110 valence electrons. The Balaban J connectivity index is 2.65. The molecule has 0 aliphatic rings. The highest BCUT2D eigenvalue weighted by atomic mass is 16.4. The van der Waals surface area contributed by atoms with E-state index in [-0.39, 0.29) is 12.3 Å². The van der Waals surface area contributed by atoms with Crippen LogP contribution in [0.3, 0.4) is 0 Å². The quantitative estimate of drug-likeness (QED) is 0.515. The van der Waals surface area contributed by atoms with E-state index in [9.17, 15) is 14.7 Å². The van der Waals surface area contributed by atoms with Gasteiger partial charge in [-0.25, -0.2) is 0 Å². The van der Waals surface area contributed by atoms with Gasteiger partial charge in [-0.05, 0) is 31.0 Å². The number of nitrogens with two attached hydrogens (primary N) is 1. The summed E-state index contributed by atoms with van der Waals surface area (Å²) in [6.07, 6.45) is -0.115. The summed E-state index contributed by atoms with van der Waals surface area (Å²) in [5.41, 5.74) is 6.33. The fourth-order valence-electron chi connectivity index (χ4n) is 1.85. The number of hydrogen-bond donors (Lipinski definition) is 3. The van der Waals surface area contributed by atoms with Crippen molar-refractivity contribution in [3.8, 4) is 0 Å². The summed E-state index contributed by atoms with van der Waals surface area (Å²) >= 11 is 0. The van der Waals surface area contributed by atoms with Crippen molar-refractivity contribution in [3.05, 3.63) is 29.3 Å². The monoisotopic (exact) mass is 280 g/mol. The molecule has 0 saturated heterocycles. The molecule has 20 heavy (non-hydrogen) atoms. The minimum absolute atomic E-state index is 0.115. The van der Waals surface area contributed by atoms with Crippen LogP contribution in [0.25, 0.3) is 0 Å². The van der Waals surface area contributed by atoms with Crippen LogP contribution >= 0.6 is 0 Å². The Morgan fingerprint density at radius 2 is 2.10 bits per heavy atom. The molecule has 1 atom stereocenters. The summed E-state index contributed by atoms with van der Waals surface area (Å²) < 4.78 is 0. The maximum absolute atomic E-state index is 11.9. The molecule has 0 aromatic heterocycles. The molecule has 1 aromatic carbocycles. The third kappa shape index (κ3) is 4.99. The maximum Gasteiger partial charge on any atom is 0.230 e. The van der Waals surface area contributed by atoms with Gasteiger partial charge in [0.25, 0.3) is 0 Å². The van der Waals surface area contributed by atoms with E-state index in [1.165, 1.54) is 0 Å². The van der Waals surface area contributed by atoms with Gasteiger partial charge in [0, 0.05) is 5.69 Å². The van der Waals surface area contributed by atoms with E-state index in [4.69, 9.17) is 0 Å². The Labute approximate surface area is 118 Å². The number of carbonyl (C=O) groups is 2. The number of carboxylic acids is 1. The predicted molar refractivity (Wildman–Crippen MR) is 72.5 cm³/mol. The zero-order valence-electron chi connectivity index (χ0n) is 11.9. The van der Waals surface area contributed by atoms with E-state index in [2.05, 4.69) is 11.1 Å². The molecule has 0 radical (unpaired) electrons. The molecule has 0 unspecified atom stereocenters. The number of aryl methyl sites for hydroxylation is 2. The Kier molecular flexibility index (Phi) is 6.14. The molecule has 0 spiro atoms. The number of carboxylic acid groups (broad SMARTS) is 1. The van der Waals surface area contributed by atoms with Crippen LogP contribution in [0.4, 0.5) is 5.69 Å². The number of carbonyl (C=O) groups excluding carboxylic acids is 2. The summed E-state index contributed by atoms with van der Waals surface area (Å²) in [7, 11) is 0. The van der Waals surface area contributed by atoms with Crippen molar-refractivity contribution in [3.63, 3.8) is 0 Å². The van der Waals surface area contributed by atoms with E-state index in [0.29, 0.717) is 18.8 Å². The van der Waals surface area contributed by atoms with Gasteiger partial charge in [-0.3, -0.25) is 4.79 Å². The number of quaternary nitrogens is 2. The number of nitrogens with one attached hydrogen (secondary N) is 1. The molecule has 0 bridgehead atoms. The number of rotatable bonds is 7. The first kappa shape index (κ1) is 16.1. The van der Waals surface area contributed by atoms with Crippen molar-refractivity contribution < 1.29 is 25.7 Å². The van der Waals surface area contributed by atoms with Crippen molar-refractivity contribution in [1.82, 2.24) is 0 Å². The van der Waals surface area contributed by atoms with E-state index in [1.54, 1.807) is 5.32 Å². The van der Waals surface area contributed by atoms with Gasteiger partial charge in [-0.1, -0.05) is 12.1 Å². The van der Waals surface area contributed by atoms with Gasteiger partial charge in [0.05, 0.1) is 12.4 Å². The van der Waals surface area contributed by atoms with Crippen molar-refractivity contribution in [2.24, 2.45) is 0 Å². The lowest BCUT2D eigenvalue weighted by atomic mass is 10.1. The second-order valence-electron chi connectivity index (χ2n) is 4.87. The SMILES string of the molecule is Cc1ccc(C)c(NC(=O)C[C@H]([NH2+]CC[NH3+])C(=O)[O-])c1. The normalized spacial score (nSPS) is 11.9. The molecular weight excluding hydrogens is 258 g/mol. The van der Waals surface area contributed by atoms with Crippen molar-refractivity contribution >= 4 is 17.6 Å². The van der Waals surface area contributed by atoms with Crippen LogP contribution in [0.1, 0.15) is 17.5 Å². The van der Waals surface area contributed by atoms with Crippen LogP contribution in [0, 0.1) is 13.8 Å². The van der Waals surface area contributed by atoms with Crippen molar-refractivity contribution in [1.29, 1.82) is 0 Å². The lowest BCUT2D eigenvalue weighted by molar-refractivity contribution is -0.695. The Morgan fingerprint density at radius 3 is 2.70 bits per heavy atom. The minimum Gasteiger partial charge on any atom is -0.544 e. The molecule has 1 rings (SSSR count). The Bertz CT molecular complexity index is 489. The predicted octanol–water partition coefficient (Wildman–Crippen LogP) is -2.44. The second kappa shape index (κ2) is 7.62. The van der Waals surface area contributed by atoms with Gasteiger partial charge in [-0.15, -0.1) is 0 Å². The average molecular weight is 280 g/mol. The molecule has 0 saturated carbocycles. The molecule has 0 aliphatic heterocycles. The minimum atomic E-state index is -1.23. The molecule has 1 aromatic rings. The fourth-order valence-corrected chi connectivity index (χ4v) is 1.85. The molecule has 6 N–H and O–H groups in total. The number of aliphatic carboxylic acids is 1. The van der Waals surface area contributed by atoms with Crippen molar-refractivity contribution in [2.75, 3.05) is 18.4 Å². The third-order valence-corrected chi connectivity index (χ3v) is 3.03. The van der Waals surface area contributed by atoms with Gasteiger partial charge in [0.15, 0.2) is 0 Å².